The lowest BCUT2D eigenvalue weighted by Crippen LogP contribution is -2.64. The number of carbonyl (C=O) groups is 11. The molecule has 0 aromatic rings. The molecule has 0 aromatic carbocycles. The second-order valence-electron chi connectivity index (χ2n) is 28.2. The first-order chi connectivity index (χ1) is 42.3. The SMILES string of the molecule is C/C=C/C[C@@H](C)[C@@H](O)[C@H]1C(=O)N[C@@H](CC)C(=O)N(C)[C@H](SCCN(C)C)C(=O)N(C)[C@@H](CC(C)(C)O)C(=O)N[C@@H](C(C)C)C(=O)N(C)[C@@H](CC(C)C)C(=O)N[C@@H](C)C(=O)N[C@H](C)C(=O)N(C)[C@H](CC(C)C)C(=O)N(C)[C@@H](CC(C)C)C(=O)N(C)[C@@H](C(C)C)C(=O)N1C. The Morgan fingerprint density at radius 2 is 0.967 bits per heavy atom. The number of aliphatic hydroxyl groups is 2. The maximum Gasteiger partial charge on any atom is 0.256 e. The maximum atomic E-state index is 15.3. The topological polar surface area (TPSA) is 302 Å². The zero-order valence-corrected chi connectivity index (χ0v) is 61.4. The lowest BCUT2D eigenvalue weighted by molar-refractivity contribution is -0.157. The Balaban J connectivity index is 4.55. The van der Waals surface area contributed by atoms with E-state index in [1.807, 2.05) is 60.5 Å². The second kappa shape index (κ2) is 37.9. The number of nitrogens with zero attached hydrogens (tertiary/aromatic N) is 8. The summed E-state index contributed by atoms with van der Waals surface area (Å²) in [6.45, 7) is 29.3. The van der Waals surface area contributed by atoms with Gasteiger partial charge in [0.25, 0.3) is 5.91 Å². The molecular weight excluding hydrogens is 1200 g/mol. The van der Waals surface area contributed by atoms with Crippen LogP contribution in [-0.4, -0.2) is 268 Å². The number of allylic oxidation sites excluding steroid dienone is 2. The molecule has 92 heavy (non-hydrogen) atoms. The molecule has 0 unspecified atom stereocenters. The number of amides is 11. The van der Waals surface area contributed by atoms with Crippen LogP contribution in [0, 0.1) is 35.5 Å². The van der Waals surface area contributed by atoms with E-state index in [2.05, 4.69) is 21.3 Å². The minimum Gasteiger partial charge on any atom is -0.390 e. The predicted molar refractivity (Wildman–Crippen MR) is 360 cm³/mol. The summed E-state index contributed by atoms with van der Waals surface area (Å²) in [4.78, 5) is 174. The van der Waals surface area contributed by atoms with Crippen LogP contribution in [0.25, 0.3) is 0 Å². The van der Waals surface area contributed by atoms with Crippen molar-refractivity contribution < 1.29 is 63.0 Å². The molecule has 0 spiro atoms. The van der Waals surface area contributed by atoms with E-state index >= 15 is 28.8 Å². The molecule has 1 saturated heterocycles. The van der Waals surface area contributed by atoms with Crippen molar-refractivity contribution in [3.05, 3.63) is 12.2 Å². The van der Waals surface area contributed by atoms with Crippen molar-refractivity contribution in [2.45, 2.75) is 234 Å². The number of rotatable bonds is 19. The van der Waals surface area contributed by atoms with E-state index in [0.717, 1.165) is 26.5 Å². The fraction of sp³-hybridized carbons (Fsp3) is 0.803. The third-order valence-corrected chi connectivity index (χ3v) is 18.3. The van der Waals surface area contributed by atoms with Crippen LogP contribution in [0.15, 0.2) is 12.2 Å². The average Bonchev–Trinajstić information content (AvgIpc) is 0.830. The van der Waals surface area contributed by atoms with E-state index in [4.69, 9.17) is 0 Å². The third kappa shape index (κ3) is 24.2. The van der Waals surface area contributed by atoms with Gasteiger partial charge in [0.15, 0.2) is 5.37 Å². The Morgan fingerprint density at radius 3 is 1.42 bits per heavy atom. The van der Waals surface area contributed by atoms with Gasteiger partial charge in [-0.05, 0) is 116 Å². The highest BCUT2D eigenvalue weighted by Gasteiger charge is 2.47. The summed E-state index contributed by atoms with van der Waals surface area (Å²) >= 11 is 1.09. The van der Waals surface area contributed by atoms with Crippen molar-refractivity contribution in [1.82, 2.24) is 60.5 Å². The van der Waals surface area contributed by atoms with Gasteiger partial charge in [-0.15, -0.1) is 11.8 Å². The zero-order valence-electron chi connectivity index (χ0n) is 60.6. The summed E-state index contributed by atoms with van der Waals surface area (Å²) in [5.41, 5.74) is -1.58. The van der Waals surface area contributed by atoms with E-state index in [9.17, 15) is 34.2 Å². The van der Waals surface area contributed by atoms with E-state index in [1.54, 1.807) is 60.6 Å². The normalized spacial score (nSPS) is 26.8. The van der Waals surface area contributed by atoms with Gasteiger partial charge in [-0.2, -0.15) is 0 Å². The highest BCUT2D eigenvalue weighted by Crippen LogP contribution is 2.28. The van der Waals surface area contributed by atoms with Gasteiger partial charge in [0.1, 0.15) is 60.4 Å². The molecule has 0 aliphatic carbocycles. The Hall–Kier alpha value is -5.86. The van der Waals surface area contributed by atoms with Crippen LogP contribution in [-0.2, 0) is 52.7 Å². The highest BCUT2D eigenvalue weighted by atomic mass is 32.2. The molecule has 1 aliphatic rings. The number of likely N-dealkylation sites (N-methyl/N-ethyl adjacent to an activating group) is 7. The van der Waals surface area contributed by atoms with Crippen molar-refractivity contribution in [3.8, 4) is 0 Å². The Kier molecular flexibility index (Phi) is 34.7. The molecule has 26 heteroatoms. The quantitative estimate of drug-likeness (QED) is 0.101. The van der Waals surface area contributed by atoms with Gasteiger partial charge in [-0.25, -0.2) is 0 Å². The highest BCUT2D eigenvalue weighted by molar-refractivity contribution is 8.00. The first-order valence-electron chi connectivity index (χ1n) is 32.7. The zero-order chi connectivity index (χ0) is 71.5. The molecule has 528 valence electrons. The molecule has 13 atom stereocenters. The van der Waals surface area contributed by atoms with E-state index in [1.165, 1.54) is 96.6 Å². The molecule has 25 nitrogen and oxygen atoms in total. The number of thioether (sulfide) groups is 1. The number of carbonyl (C=O) groups excluding carboxylic acids is 11. The third-order valence-electron chi connectivity index (χ3n) is 17.0. The van der Waals surface area contributed by atoms with Gasteiger partial charge in [0, 0.05) is 68.1 Å². The molecule has 0 radical (unpaired) electrons. The molecule has 0 saturated carbocycles. The monoisotopic (exact) mass is 1320 g/mol. The molecule has 1 fully saturated rings. The van der Waals surface area contributed by atoms with Gasteiger partial charge >= 0.3 is 0 Å². The molecule has 11 amide bonds. The number of hydrogen-bond acceptors (Lipinski definition) is 15. The van der Waals surface area contributed by atoms with Crippen molar-refractivity contribution in [1.29, 1.82) is 0 Å². The van der Waals surface area contributed by atoms with Crippen LogP contribution in [0.3, 0.4) is 0 Å². The van der Waals surface area contributed by atoms with E-state index in [0.29, 0.717) is 12.3 Å². The van der Waals surface area contributed by atoms with E-state index in [-0.39, 0.29) is 56.3 Å². The van der Waals surface area contributed by atoms with Crippen LogP contribution in [0.4, 0.5) is 0 Å². The summed E-state index contributed by atoms with van der Waals surface area (Å²) in [6.07, 6.45) is 2.34. The standard InChI is InChI=1S/C66H120N12O13S/c1-27-29-30-42(13)53(79)52-57(83)69-45(28-2)59(85)78(26)65(92-32-31-71(18)19)64(90)75(23)49(36-66(16,17)91)56(82)70-50(40(9)10)62(88)72(20)46(33-37(3)4)55(81)67-43(14)54(80)68-44(15)58(84)73(21)47(34-38(5)6)60(86)74(22)48(35-39(7)8)61(87)76(24)51(41(11)12)63(89)77(52)25/h27,29,37-53,65,79,91H,28,30-36H2,1-26H3,(H,67,81)(H,68,80)(H,69,83)(H,70,82)/b29-27+/t42-,43+,44-,45+,46+,47-,48+,49+,50+,51+,52+,53-,65-/m1/s1. The van der Waals surface area contributed by atoms with Crippen molar-refractivity contribution in [2.75, 3.05) is 75.7 Å². The van der Waals surface area contributed by atoms with Gasteiger partial charge in [0.2, 0.25) is 59.1 Å². The van der Waals surface area contributed by atoms with Crippen molar-refractivity contribution in [3.63, 3.8) is 0 Å². The maximum absolute atomic E-state index is 15.3. The predicted octanol–water partition coefficient (Wildman–Crippen LogP) is 3.00. The summed E-state index contributed by atoms with van der Waals surface area (Å²) in [6, 6.07) is -13.1. The Bertz CT molecular complexity index is 2520. The van der Waals surface area contributed by atoms with Crippen LogP contribution in [0.2, 0.25) is 0 Å². The summed E-state index contributed by atoms with van der Waals surface area (Å²) in [5.74, 6) is -10.1. The molecule has 1 aliphatic heterocycles. The Labute approximate surface area is 555 Å². The summed E-state index contributed by atoms with van der Waals surface area (Å²) < 4.78 is 0. The number of nitrogens with one attached hydrogen (secondary N) is 4. The van der Waals surface area contributed by atoms with Gasteiger partial charge in [-0.3, -0.25) is 52.7 Å². The van der Waals surface area contributed by atoms with Gasteiger partial charge in [-0.1, -0.05) is 95.2 Å². The first kappa shape index (κ1) is 84.2. The minimum atomic E-state index is -1.66. The minimum absolute atomic E-state index is 0.0323. The van der Waals surface area contributed by atoms with Crippen molar-refractivity contribution >= 4 is 76.7 Å². The lowest BCUT2D eigenvalue weighted by atomic mass is 9.91. The molecule has 1 heterocycles. The molecule has 6 N–H and O–H groups in total. The molecular formula is C66H120N12O13S. The first-order valence-corrected chi connectivity index (χ1v) is 33.7. The van der Waals surface area contributed by atoms with Crippen molar-refractivity contribution in [2.24, 2.45) is 35.5 Å². The number of aliphatic hydroxyl groups excluding tert-OH is 1. The molecule has 0 bridgehead atoms. The van der Waals surface area contributed by atoms with Crippen LogP contribution in [0.1, 0.15) is 156 Å². The summed E-state index contributed by atoms with van der Waals surface area (Å²) in [5, 5.41) is 33.2. The average molecular weight is 1320 g/mol. The second-order valence-corrected chi connectivity index (χ2v) is 29.4. The molecule has 0 aromatic heterocycles. The largest absolute Gasteiger partial charge is 0.390 e. The van der Waals surface area contributed by atoms with Crippen LogP contribution < -0.4 is 21.3 Å². The van der Waals surface area contributed by atoms with Gasteiger partial charge < -0.3 is 70.7 Å². The number of hydrogen-bond donors (Lipinski definition) is 6. The Morgan fingerprint density at radius 1 is 0.522 bits per heavy atom. The van der Waals surface area contributed by atoms with Crippen LogP contribution >= 0.6 is 11.8 Å². The fourth-order valence-corrected chi connectivity index (χ4v) is 12.6. The molecule has 1 rings (SSSR count). The van der Waals surface area contributed by atoms with Crippen LogP contribution in [0.5, 0.6) is 0 Å². The smallest absolute Gasteiger partial charge is 0.256 e. The van der Waals surface area contributed by atoms with Gasteiger partial charge in [0.05, 0.1) is 11.7 Å². The fourth-order valence-electron chi connectivity index (χ4n) is 11.2. The lowest BCUT2D eigenvalue weighted by Gasteiger charge is -2.41. The van der Waals surface area contributed by atoms with E-state index < -0.39 is 160 Å². The summed E-state index contributed by atoms with van der Waals surface area (Å²) in [7, 11) is 13.5.